The van der Waals surface area contributed by atoms with Gasteiger partial charge in [0.05, 0.1) is 0 Å². The normalized spacial score (nSPS) is 20.3. The van der Waals surface area contributed by atoms with Crippen LogP contribution < -0.4 is 0 Å². The molecule has 0 saturated heterocycles. The molecule has 0 atom stereocenters. The van der Waals surface area contributed by atoms with Crippen molar-refractivity contribution in [3.8, 4) is 0 Å². The van der Waals surface area contributed by atoms with Crippen LogP contribution in [0.2, 0.25) is 0 Å². The van der Waals surface area contributed by atoms with E-state index in [9.17, 15) is 0 Å². The van der Waals surface area contributed by atoms with Gasteiger partial charge in [-0.25, -0.2) is 0 Å². The van der Waals surface area contributed by atoms with Crippen LogP contribution >= 0.6 is 0 Å². The number of aliphatic imine (C=N–C) groups is 2. The third-order valence-corrected chi connectivity index (χ3v) is 3.01. The molecule has 1 rings (SSSR count). The summed E-state index contributed by atoms with van der Waals surface area (Å²) in [5.74, 6) is 0. The molecular formula is C12H20N2. The molecule has 0 aromatic heterocycles. The van der Waals surface area contributed by atoms with Gasteiger partial charge >= 0.3 is 0 Å². The Morgan fingerprint density at radius 2 is 1.21 bits per heavy atom. The van der Waals surface area contributed by atoms with Gasteiger partial charge in [-0.15, -0.1) is 0 Å². The van der Waals surface area contributed by atoms with Gasteiger partial charge in [-0.3, -0.25) is 9.98 Å². The van der Waals surface area contributed by atoms with Gasteiger partial charge in [0, 0.05) is 25.5 Å². The highest BCUT2D eigenvalue weighted by atomic mass is 14.7. The van der Waals surface area contributed by atoms with Gasteiger partial charge in [-0.1, -0.05) is 0 Å². The van der Waals surface area contributed by atoms with Crippen molar-refractivity contribution in [1.82, 2.24) is 0 Å². The van der Waals surface area contributed by atoms with Crippen LogP contribution in [-0.2, 0) is 0 Å². The summed E-state index contributed by atoms with van der Waals surface area (Å²) in [6.07, 6.45) is 4.93. The van der Waals surface area contributed by atoms with Crippen molar-refractivity contribution in [2.45, 2.75) is 39.5 Å². The van der Waals surface area contributed by atoms with E-state index in [0.29, 0.717) is 0 Å². The maximum atomic E-state index is 4.28. The van der Waals surface area contributed by atoms with E-state index in [4.69, 9.17) is 0 Å². The van der Waals surface area contributed by atoms with Crippen molar-refractivity contribution >= 4 is 11.4 Å². The molecule has 2 heteroatoms. The first-order chi connectivity index (χ1) is 6.70. The van der Waals surface area contributed by atoms with Crippen LogP contribution in [0, 0.1) is 0 Å². The van der Waals surface area contributed by atoms with Crippen LogP contribution in [0.4, 0.5) is 0 Å². The van der Waals surface area contributed by atoms with Gasteiger partial charge in [-0.05, 0) is 50.7 Å². The minimum Gasteiger partial charge on any atom is -0.293 e. The van der Waals surface area contributed by atoms with Gasteiger partial charge in [0.2, 0.25) is 0 Å². The fourth-order valence-corrected chi connectivity index (χ4v) is 1.97. The number of hydrogen-bond donors (Lipinski definition) is 0. The zero-order valence-corrected chi connectivity index (χ0v) is 9.72. The molecule has 1 aliphatic carbocycles. The highest BCUT2D eigenvalue weighted by Crippen LogP contribution is 2.26. The minimum absolute atomic E-state index is 1.17. The standard InChI is InChI=1S/C12H20N2/c1-9(13-3)11-7-5-6-8-12(11)10(2)14-4/h5-8H2,1-4H3. The Morgan fingerprint density at radius 1 is 0.857 bits per heavy atom. The summed E-state index contributed by atoms with van der Waals surface area (Å²) in [5, 5.41) is 0. The highest BCUT2D eigenvalue weighted by Gasteiger charge is 2.16. The lowest BCUT2D eigenvalue weighted by Crippen LogP contribution is -2.12. The molecular weight excluding hydrogens is 172 g/mol. The topological polar surface area (TPSA) is 24.7 Å². The Hall–Kier alpha value is -0.920. The van der Waals surface area contributed by atoms with Gasteiger partial charge in [0.1, 0.15) is 0 Å². The number of rotatable bonds is 2. The quantitative estimate of drug-likeness (QED) is 0.601. The predicted octanol–water partition coefficient (Wildman–Crippen LogP) is 3.04. The van der Waals surface area contributed by atoms with Crippen LogP contribution in [0.5, 0.6) is 0 Å². The molecule has 0 aliphatic heterocycles. The van der Waals surface area contributed by atoms with Gasteiger partial charge in [0.25, 0.3) is 0 Å². The highest BCUT2D eigenvalue weighted by molar-refractivity contribution is 6.09. The summed E-state index contributed by atoms with van der Waals surface area (Å²) in [5.41, 5.74) is 5.23. The Morgan fingerprint density at radius 3 is 1.50 bits per heavy atom. The van der Waals surface area contributed by atoms with E-state index in [1.807, 2.05) is 14.1 Å². The molecule has 0 fully saturated rings. The second-order valence-electron chi connectivity index (χ2n) is 3.78. The van der Waals surface area contributed by atoms with Crippen molar-refractivity contribution < 1.29 is 0 Å². The first kappa shape index (κ1) is 11.2. The fraction of sp³-hybridized carbons (Fsp3) is 0.667. The molecule has 0 aromatic carbocycles. The zero-order valence-electron chi connectivity index (χ0n) is 9.72. The number of hydrogen-bond acceptors (Lipinski definition) is 2. The zero-order chi connectivity index (χ0) is 10.6. The van der Waals surface area contributed by atoms with Gasteiger partial charge in [0.15, 0.2) is 0 Å². The summed E-state index contributed by atoms with van der Waals surface area (Å²) < 4.78 is 0. The van der Waals surface area contributed by atoms with Gasteiger partial charge < -0.3 is 0 Å². The van der Waals surface area contributed by atoms with Crippen molar-refractivity contribution in [3.05, 3.63) is 11.1 Å². The van der Waals surface area contributed by atoms with Crippen LogP contribution in [0.15, 0.2) is 21.1 Å². The Balaban J connectivity index is 3.09. The molecule has 14 heavy (non-hydrogen) atoms. The summed E-state index contributed by atoms with van der Waals surface area (Å²) in [6.45, 7) is 4.20. The third kappa shape index (κ3) is 2.31. The fourth-order valence-electron chi connectivity index (χ4n) is 1.97. The largest absolute Gasteiger partial charge is 0.293 e. The van der Waals surface area contributed by atoms with Crippen molar-refractivity contribution in [1.29, 1.82) is 0 Å². The molecule has 0 heterocycles. The molecule has 0 aromatic rings. The van der Waals surface area contributed by atoms with E-state index in [-0.39, 0.29) is 0 Å². The SMILES string of the molecule is CN=C(C)C1=C(C(C)=NC)CCCC1. The lowest BCUT2D eigenvalue weighted by Gasteiger charge is -2.20. The first-order valence-corrected chi connectivity index (χ1v) is 5.30. The predicted molar refractivity (Wildman–Crippen MR) is 63.6 cm³/mol. The maximum absolute atomic E-state index is 4.28. The Kier molecular flexibility index (Phi) is 4.05. The van der Waals surface area contributed by atoms with Crippen molar-refractivity contribution in [2.24, 2.45) is 9.98 Å². The second-order valence-corrected chi connectivity index (χ2v) is 3.78. The van der Waals surface area contributed by atoms with Crippen molar-refractivity contribution in [2.75, 3.05) is 14.1 Å². The Labute approximate surface area is 86.8 Å². The van der Waals surface area contributed by atoms with Crippen LogP contribution in [0.25, 0.3) is 0 Å². The monoisotopic (exact) mass is 192 g/mol. The van der Waals surface area contributed by atoms with Crippen LogP contribution in [-0.4, -0.2) is 25.5 Å². The second kappa shape index (κ2) is 5.08. The summed E-state index contributed by atoms with van der Waals surface area (Å²) in [4.78, 5) is 8.57. The van der Waals surface area contributed by atoms with E-state index < -0.39 is 0 Å². The van der Waals surface area contributed by atoms with E-state index in [1.165, 1.54) is 48.3 Å². The lowest BCUT2D eigenvalue weighted by atomic mass is 9.87. The van der Waals surface area contributed by atoms with E-state index >= 15 is 0 Å². The molecule has 0 spiro atoms. The molecule has 0 radical (unpaired) electrons. The molecule has 78 valence electrons. The molecule has 0 unspecified atom stereocenters. The maximum Gasteiger partial charge on any atom is 0.0349 e. The lowest BCUT2D eigenvalue weighted by molar-refractivity contribution is 0.702. The van der Waals surface area contributed by atoms with Crippen LogP contribution in [0.3, 0.4) is 0 Å². The number of nitrogens with zero attached hydrogens (tertiary/aromatic N) is 2. The average Bonchev–Trinajstić information content (AvgIpc) is 2.27. The van der Waals surface area contributed by atoms with Crippen LogP contribution in [0.1, 0.15) is 39.5 Å². The summed E-state index contributed by atoms with van der Waals surface area (Å²) >= 11 is 0. The summed E-state index contributed by atoms with van der Waals surface area (Å²) in [6, 6.07) is 0. The number of allylic oxidation sites excluding steroid dienone is 2. The van der Waals surface area contributed by atoms with Crippen molar-refractivity contribution in [3.63, 3.8) is 0 Å². The average molecular weight is 192 g/mol. The van der Waals surface area contributed by atoms with E-state index in [2.05, 4.69) is 23.8 Å². The van der Waals surface area contributed by atoms with Gasteiger partial charge in [-0.2, -0.15) is 0 Å². The Bertz CT molecular complexity index is 265. The third-order valence-electron chi connectivity index (χ3n) is 3.01. The molecule has 0 amide bonds. The minimum atomic E-state index is 1.17. The van der Waals surface area contributed by atoms with E-state index in [0.717, 1.165) is 0 Å². The molecule has 0 bridgehead atoms. The molecule has 0 saturated carbocycles. The van der Waals surface area contributed by atoms with E-state index in [1.54, 1.807) is 0 Å². The first-order valence-electron chi connectivity index (χ1n) is 5.30. The smallest absolute Gasteiger partial charge is 0.0349 e. The molecule has 2 nitrogen and oxygen atoms in total. The molecule has 0 N–H and O–H groups in total. The summed E-state index contributed by atoms with van der Waals surface area (Å²) in [7, 11) is 3.74. The molecule has 1 aliphatic rings.